The zero-order valence-electron chi connectivity index (χ0n) is 10.1. The van der Waals surface area contributed by atoms with Crippen LogP contribution >= 0.6 is 0 Å². The second-order valence-electron chi connectivity index (χ2n) is 3.80. The fourth-order valence-corrected chi connectivity index (χ4v) is 1.31. The highest BCUT2D eigenvalue weighted by Crippen LogP contribution is 2.12. The Balaban J connectivity index is 2.76. The third kappa shape index (κ3) is 4.39. The molecule has 1 atom stereocenters. The summed E-state index contributed by atoms with van der Waals surface area (Å²) in [6.45, 7) is 1.83. The molecule has 4 N–H and O–H groups in total. The fraction of sp³-hybridized carbons (Fsp3) is 0.231. The van der Waals surface area contributed by atoms with Crippen LogP contribution in [0.3, 0.4) is 0 Å². The SMILES string of the molecule is CC[C@@H](N)C(=O)Nc1cccc(/C=C/C(=O)O)c1. The van der Waals surface area contributed by atoms with Crippen LogP contribution in [-0.2, 0) is 9.59 Å². The maximum Gasteiger partial charge on any atom is 0.328 e. The first-order chi connectivity index (χ1) is 8.52. The first-order valence-corrected chi connectivity index (χ1v) is 5.60. The molecular formula is C13H16N2O3. The van der Waals surface area contributed by atoms with Crippen molar-refractivity contribution in [1.82, 2.24) is 0 Å². The van der Waals surface area contributed by atoms with E-state index in [0.717, 1.165) is 6.08 Å². The van der Waals surface area contributed by atoms with Gasteiger partial charge in [-0.15, -0.1) is 0 Å². The van der Waals surface area contributed by atoms with Crippen LogP contribution in [0.2, 0.25) is 0 Å². The quantitative estimate of drug-likeness (QED) is 0.688. The van der Waals surface area contributed by atoms with Gasteiger partial charge in [0.15, 0.2) is 0 Å². The molecule has 1 aromatic carbocycles. The van der Waals surface area contributed by atoms with E-state index in [1.54, 1.807) is 24.3 Å². The average molecular weight is 248 g/mol. The Morgan fingerprint density at radius 1 is 1.50 bits per heavy atom. The number of nitrogens with one attached hydrogen (secondary N) is 1. The summed E-state index contributed by atoms with van der Waals surface area (Å²) in [5, 5.41) is 11.2. The fourth-order valence-electron chi connectivity index (χ4n) is 1.31. The molecular weight excluding hydrogens is 232 g/mol. The standard InChI is InChI=1S/C13H16N2O3/c1-2-11(14)13(18)15-10-5-3-4-9(8-10)6-7-12(16)17/h3-8,11H,2,14H2,1H3,(H,15,18)(H,16,17)/b7-6+/t11-/m1/s1. The molecule has 1 rings (SSSR count). The first kappa shape index (κ1) is 13.9. The number of carboxylic acid groups (broad SMARTS) is 1. The van der Waals surface area contributed by atoms with E-state index in [9.17, 15) is 9.59 Å². The Kier molecular flexibility index (Phi) is 5.07. The van der Waals surface area contributed by atoms with Gasteiger partial charge in [0.25, 0.3) is 0 Å². The summed E-state index contributed by atoms with van der Waals surface area (Å²) in [5.41, 5.74) is 6.89. The highest BCUT2D eigenvalue weighted by Gasteiger charge is 2.10. The molecule has 0 bridgehead atoms. The van der Waals surface area contributed by atoms with Gasteiger partial charge in [0, 0.05) is 11.8 Å². The number of nitrogens with two attached hydrogens (primary N) is 1. The van der Waals surface area contributed by atoms with Gasteiger partial charge in [-0.25, -0.2) is 4.79 Å². The van der Waals surface area contributed by atoms with E-state index in [-0.39, 0.29) is 5.91 Å². The normalized spacial score (nSPS) is 12.3. The van der Waals surface area contributed by atoms with Gasteiger partial charge < -0.3 is 16.2 Å². The summed E-state index contributed by atoms with van der Waals surface area (Å²) < 4.78 is 0. The van der Waals surface area contributed by atoms with Gasteiger partial charge in [0.05, 0.1) is 6.04 Å². The zero-order valence-corrected chi connectivity index (χ0v) is 10.1. The average Bonchev–Trinajstić information content (AvgIpc) is 2.35. The van der Waals surface area contributed by atoms with Crippen LogP contribution in [0, 0.1) is 0 Å². The van der Waals surface area contributed by atoms with E-state index in [1.807, 2.05) is 6.92 Å². The van der Waals surface area contributed by atoms with E-state index in [1.165, 1.54) is 6.08 Å². The van der Waals surface area contributed by atoms with Crippen molar-refractivity contribution in [3.8, 4) is 0 Å². The van der Waals surface area contributed by atoms with Crippen molar-refractivity contribution in [2.75, 3.05) is 5.32 Å². The minimum absolute atomic E-state index is 0.253. The van der Waals surface area contributed by atoms with Crippen molar-refractivity contribution in [1.29, 1.82) is 0 Å². The lowest BCUT2D eigenvalue weighted by atomic mass is 10.1. The predicted molar refractivity (Wildman–Crippen MR) is 70.0 cm³/mol. The van der Waals surface area contributed by atoms with Gasteiger partial charge in [-0.2, -0.15) is 0 Å². The molecule has 5 nitrogen and oxygen atoms in total. The van der Waals surface area contributed by atoms with Gasteiger partial charge in [-0.05, 0) is 30.2 Å². The van der Waals surface area contributed by atoms with Crippen LogP contribution in [0.4, 0.5) is 5.69 Å². The monoisotopic (exact) mass is 248 g/mol. The zero-order chi connectivity index (χ0) is 13.5. The molecule has 0 aliphatic rings. The molecule has 0 unspecified atom stereocenters. The van der Waals surface area contributed by atoms with Gasteiger partial charge in [0.1, 0.15) is 0 Å². The van der Waals surface area contributed by atoms with Crippen molar-refractivity contribution in [3.05, 3.63) is 35.9 Å². The van der Waals surface area contributed by atoms with Crippen LogP contribution in [0.15, 0.2) is 30.3 Å². The first-order valence-electron chi connectivity index (χ1n) is 5.60. The molecule has 0 aromatic heterocycles. The molecule has 0 saturated carbocycles. The Labute approximate surface area is 105 Å². The number of anilines is 1. The Bertz CT molecular complexity index is 469. The molecule has 96 valence electrons. The summed E-state index contributed by atoms with van der Waals surface area (Å²) >= 11 is 0. The number of hydrogen-bond donors (Lipinski definition) is 3. The van der Waals surface area contributed by atoms with Crippen molar-refractivity contribution in [3.63, 3.8) is 0 Å². The molecule has 0 aliphatic heterocycles. The predicted octanol–water partition coefficient (Wildman–Crippen LogP) is 1.46. The molecule has 18 heavy (non-hydrogen) atoms. The Morgan fingerprint density at radius 2 is 2.22 bits per heavy atom. The van der Waals surface area contributed by atoms with Gasteiger partial charge in [-0.3, -0.25) is 4.79 Å². The van der Waals surface area contributed by atoms with Crippen molar-refractivity contribution < 1.29 is 14.7 Å². The summed E-state index contributed by atoms with van der Waals surface area (Å²) in [7, 11) is 0. The molecule has 0 aliphatic carbocycles. The molecule has 0 saturated heterocycles. The number of aliphatic carboxylic acids is 1. The van der Waals surface area contributed by atoms with Gasteiger partial charge in [0.2, 0.25) is 5.91 Å². The van der Waals surface area contributed by atoms with Crippen molar-refractivity contribution in [2.45, 2.75) is 19.4 Å². The van der Waals surface area contributed by atoms with E-state index < -0.39 is 12.0 Å². The number of rotatable bonds is 5. The largest absolute Gasteiger partial charge is 0.478 e. The summed E-state index contributed by atoms with van der Waals surface area (Å²) in [5.74, 6) is -1.27. The van der Waals surface area contributed by atoms with E-state index >= 15 is 0 Å². The molecule has 5 heteroatoms. The molecule has 1 aromatic rings. The number of hydrogen-bond acceptors (Lipinski definition) is 3. The van der Waals surface area contributed by atoms with E-state index in [2.05, 4.69) is 5.32 Å². The second-order valence-corrected chi connectivity index (χ2v) is 3.80. The molecule has 1 amide bonds. The minimum atomic E-state index is -1.02. The summed E-state index contributed by atoms with van der Waals surface area (Å²) in [4.78, 5) is 22.0. The van der Waals surface area contributed by atoms with Gasteiger partial charge >= 0.3 is 5.97 Å². The molecule has 0 heterocycles. The number of benzene rings is 1. The lowest BCUT2D eigenvalue weighted by molar-refractivity contribution is -0.131. The number of amides is 1. The molecule has 0 spiro atoms. The maximum atomic E-state index is 11.6. The Hall–Kier alpha value is -2.14. The number of carbonyl (C=O) groups is 2. The van der Waals surface area contributed by atoms with Crippen molar-refractivity contribution >= 4 is 23.6 Å². The number of carboxylic acids is 1. The highest BCUT2D eigenvalue weighted by atomic mass is 16.4. The van der Waals surface area contributed by atoms with Crippen LogP contribution in [0.25, 0.3) is 6.08 Å². The van der Waals surface area contributed by atoms with Gasteiger partial charge in [-0.1, -0.05) is 19.1 Å². The topological polar surface area (TPSA) is 92.4 Å². The van der Waals surface area contributed by atoms with Crippen LogP contribution < -0.4 is 11.1 Å². The lowest BCUT2D eigenvalue weighted by Gasteiger charge is -2.10. The number of carbonyl (C=O) groups excluding carboxylic acids is 1. The molecule has 0 fully saturated rings. The summed E-state index contributed by atoms with van der Waals surface area (Å²) in [6, 6.07) is 6.34. The van der Waals surface area contributed by atoms with Crippen LogP contribution in [-0.4, -0.2) is 23.0 Å². The Morgan fingerprint density at radius 3 is 2.83 bits per heavy atom. The van der Waals surface area contributed by atoms with Crippen LogP contribution in [0.5, 0.6) is 0 Å². The maximum absolute atomic E-state index is 11.6. The third-order valence-corrected chi connectivity index (χ3v) is 2.35. The van der Waals surface area contributed by atoms with E-state index in [4.69, 9.17) is 10.8 Å². The third-order valence-electron chi connectivity index (χ3n) is 2.35. The smallest absolute Gasteiger partial charge is 0.328 e. The van der Waals surface area contributed by atoms with E-state index in [0.29, 0.717) is 17.7 Å². The summed E-state index contributed by atoms with van der Waals surface area (Å²) in [6.07, 6.45) is 3.06. The molecule has 0 radical (unpaired) electrons. The lowest BCUT2D eigenvalue weighted by Crippen LogP contribution is -2.34. The second kappa shape index (κ2) is 6.56. The highest BCUT2D eigenvalue weighted by molar-refractivity contribution is 5.95. The van der Waals surface area contributed by atoms with Crippen LogP contribution in [0.1, 0.15) is 18.9 Å². The minimum Gasteiger partial charge on any atom is -0.478 e. The van der Waals surface area contributed by atoms with Crippen molar-refractivity contribution in [2.24, 2.45) is 5.73 Å².